The molecule has 0 heterocycles. The SMILES string of the molecule is O=C(COC(=O)COc1ccc(-c2ccccc2)cc1)NCCOc1ccccc1. The van der Waals surface area contributed by atoms with Crippen LogP contribution in [0.3, 0.4) is 0 Å². The maximum Gasteiger partial charge on any atom is 0.344 e. The van der Waals surface area contributed by atoms with Gasteiger partial charge in [0.25, 0.3) is 5.91 Å². The van der Waals surface area contributed by atoms with Gasteiger partial charge in [-0.25, -0.2) is 4.79 Å². The Morgan fingerprint density at radius 3 is 1.97 bits per heavy atom. The predicted octanol–water partition coefficient (Wildman–Crippen LogP) is 3.47. The van der Waals surface area contributed by atoms with Crippen molar-refractivity contribution in [3.05, 3.63) is 84.9 Å². The lowest BCUT2D eigenvalue weighted by molar-refractivity contribution is -0.150. The topological polar surface area (TPSA) is 73.9 Å². The quantitative estimate of drug-likeness (QED) is 0.413. The number of nitrogens with one attached hydrogen (secondary N) is 1. The highest BCUT2D eigenvalue weighted by molar-refractivity contribution is 5.80. The average Bonchev–Trinajstić information content (AvgIpc) is 2.81. The lowest BCUT2D eigenvalue weighted by atomic mass is 10.1. The second-order valence-electron chi connectivity index (χ2n) is 6.35. The van der Waals surface area contributed by atoms with Crippen molar-refractivity contribution in [2.45, 2.75) is 0 Å². The zero-order chi connectivity index (χ0) is 21.0. The highest BCUT2D eigenvalue weighted by Gasteiger charge is 2.08. The Labute approximate surface area is 175 Å². The molecule has 6 heteroatoms. The van der Waals surface area contributed by atoms with Gasteiger partial charge < -0.3 is 19.5 Å². The molecule has 0 bridgehead atoms. The van der Waals surface area contributed by atoms with Gasteiger partial charge in [-0.05, 0) is 35.4 Å². The Balaban J connectivity index is 1.30. The molecule has 1 amide bonds. The average molecular weight is 405 g/mol. The number of esters is 1. The number of carbonyl (C=O) groups excluding carboxylic acids is 2. The van der Waals surface area contributed by atoms with Crippen molar-refractivity contribution in [1.82, 2.24) is 5.32 Å². The summed E-state index contributed by atoms with van der Waals surface area (Å²) in [5.41, 5.74) is 2.15. The summed E-state index contributed by atoms with van der Waals surface area (Å²) < 4.78 is 15.8. The zero-order valence-corrected chi connectivity index (χ0v) is 16.5. The monoisotopic (exact) mass is 405 g/mol. The second kappa shape index (κ2) is 11.3. The van der Waals surface area contributed by atoms with Crippen LogP contribution < -0.4 is 14.8 Å². The van der Waals surface area contributed by atoms with Crippen LogP contribution in [0.2, 0.25) is 0 Å². The molecule has 0 fully saturated rings. The van der Waals surface area contributed by atoms with E-state index in [1.54, 1.807) is 12.1 Å². The minimum absolute atomic E-state index is 0.269. The van der Waals surface area contributed by atoms with Gasteiger partial charge in [-0.2, -0.15) is 0 Å². The summed E-state index contributed by atoms with van der Waals surface area (Å²) in [5.74, 6) is 0.270. The Morgan fingerprint density at radius 2 is 1.27 bits per heavy atom. The molecule has 0 aliphatic heterocycles. The van der Waals surface area contributed by atoms with Crippen LogP contribution in [0.5, 0.6) is 11.5 Å². The van der Waals surface area contributed by atoms with Crippen LogP contribution in [0.25, 0.3) is 11.1 Å². The fourth-order valence-electron chi connectivity index (χ4n) is 2.63. The molecule has 1 N–H and O–H groups in total. The largest absolute Gasteiger partial charge is 0.492 e. The molecule has 0 unspecified atom stereocenters. The molecular weight excluding hydrogens is 382 g/mol. The summed E-state index contributed by atoms with van der Waals surface area (Å²) in [6, 6.07) is 26.7. The third-order valence-electron chi connectivity index (χ3n) is 4.12. The van der Waals surface area contributed by atoms with Gasteiger partial charge in [-0.3, -0.25) is 4.79 Å². The maximum absolute atomic E-state index is 11.8. The van der Waals surface area contributed by atoms with Crippen LogP contribution in [0, 0.1) is 0 Å². The lowest BCUT2D eigenvalue weighted by Gasteiger charge is -2.09. The molecule has 0 aliphatic rings. The van der Waals surface area contributed by atoms with E-state index in [0.29, 0.717) is 18.9 Å². The van der Waals surface area contributed by atoms with Gasteiger partial charge in [0.2, 0.25) is 0 Å². The molecule has 3 aromatic rings. The van der Waals surface area contributed by atoms with Crippen molar-refractivity contribution in [1.29, 1.82) is 0 Å². The van der Waals surface area contributed by atoms with E-state index in [-0.39, 0.29) is 13.2 Å². The summed E-state index contributed by atoms with van der Waals surface area (Å²) >= 11 is 0. The van der Waals surface area contributed by atoms with Crippen LogP contribution in [-0.4, -0.2) is 38.2 Å². The minimum atomic E-state index is -0.613. The number of para-hydroxylation sites is 1. The van der Waals surface area contributed by atoms with Gasteiger partial charge in [0.15, 0.2) is 13.2 Å². The first-order chi connectivity index (χ1) is 14.7. The highest BCUT2D eigenvalue weighted by Crippen LogP contribution is 2.22. The summed E-state index contributed by atoms with van der Waals surface area (Å²) in [4.78, 5) is 23.5. The molecule has 3 aromatic carbocycles. The number of benzene rings is 3. The molecule has 3 rings (SSSR count). The summed E-state index contributed by atoms with van der Waals surface area (Å²) in [7, 11) is 0. The smallest absolute Gasteiger partial charge is 0.344 e. The van der Waals surface area contributed by atoms with Gasteiger partial charge in [-0.1, -0.05) is 60.7 Å². The Hall–Kier alpha value is -3.80. The molecule has 0 saturated heterocycles. The molecular formula is C24H23NO5. The first-order valence-corrected chi connectivity index (χ1v) is 9.59. The lowest BCUT2D eigenvalue weighted by Crippen LogP contribution is -2.32. The summed E-state index contributed by atoms with van der Waals surface area (Å²) in [6.45, 7) is 0.0108. The molecule has 0 radical (unpaired) electrons. The van der Waals surface area contributed by atoms with E-state index >= 15 is 0 Å². The van der Waals surface area contributed by atoms with Gasteiger partial charge in [-0.15, -0.1) is 0 Å². The van der Waals surface area contributed by atoms with Crippen molar-refractivity contribution in [2.24, 2.45) is 0 Å². The van der Waals surface area contributed by atoms with Crippen molar-refractivity contribution < 1.29 is 23.8 Å². The molecule has 0 aromatic heterocycles. The van der Waals surface area contributed by atoms with E-state index in [1.165, 1.54) is 0 Å². The maximum atomic E-state index is 11.8. The zero-order valence-electron chi connectivity index (χ0n) is 16.5. The van der Waals surface area contributed by atoms with E-state index in [0.717, 1.165) is 16.9 Å². The van der Waals surface area contributed by atoms with Crippen molar-refractivity contribution in [3.8, 4) is 22.6 Å². The molecule has 154 valence electrons. The van der Waals surface area contributed by atoms with Gasteiger partial charge in [0.1, 0.15) is 18.1 Å². The number of carbonyl (C=O) groups is 2. The number of hydrogen-bond acceptors (Lipinski definition) is 5. The molecule has 0 spiro atoms. The summed E-state index contributed by atoms with van der Waals surface area (Å²) in [5, 5.41) is 2.62. The molecule has 30 heavy (non-hydrogen) atoms. The van der Waals surface area contributed by atoms with Crippen LogP contribution in [-0.2, 0) is 14.3 Å². The van der Waals surface area contributed by atoms with E-state index in [1.807, 2.05) is 72.8 Å². The predicted molar refractivity (Wildman–Crippen MR) is 113 cm³/mol. The van der Waals surface area contributed by atoms with E-state index < -0.39 is 11.9 Å². The molecule has 0 atom stereocenters. The van der Waals surface area contributed by atoms with Crippen molar-refractivity contribution in [3.63, 3.8) is 0 Å². The fraction of sp³-hybridized carbons (Fsp3) is 0.167. The third-order valence-corrected chi connectivity index (χ3v) is 4.12. The number of hydrogen-bond donors (Lipinski definition) is 1. The van der Waals surface area contributed by atoms with Gasteiger partial charge in [0.05, 0.1) is 6.54 Å². The molecule has 0 aliphatic carbocycles. The highest BCUT2D eigenvalue weighted by atomic mass is 16.6. The molecule has 6 nitrogen and oxygen atoms in total. The Morgan fingerprint density at radius 1 is 0.667 bits per heavy atom. The van der Waals surface area contributed by atoms with Crippen LogP contribution in [0.15, 0.2) is 84.9 Å². The van der Waals surface area contributed by atoms with E-state index in [9.17, 15) is 9.59 Å². The van der Waals surface area contributed by atoms with Crippen LogP contribution in [0.1, 0.15) is 0 Å². The Bertz CT molecular complexity index is 927. The first-order valence-electron chi connectivity index (χ1n) is 9.59. The van der Waals surface area contributed by atoms with Gasteiger partial charge in [0, 0.05) is 0 Å². The third kappa shape index (κ3) is 6.98. The van der Waals surface area contributed by atoms with E-state index in [4.69, 9.17) is 14.2 Å². The normalized spacial score (nSPS) is 10.1. The number of rotatable bonds is 10. The first kappa shape index (κ1) is 20.9. The standard InChI is InChI=1S/C24H23NO5/c26-23(25-15-16-28-21-9-5-2-6-10-21)17-30-24(27)18-29-22-13-11-20(12-14-22)19-7-3-1-4-8-19/h1-14H,15-18H2,(H,25,26). The van der Waals surface area contributed by atoms with Crippen molar-refractivity contribution in [2.75, 3.05) is 26.4 Å². The van der Waals surface area contributed by atoms with Crippen molar-refractivity contribution >= 4 is 11.9 Å². The van der Waals surface area contributed by atoms with Crippen LogP contribution in [0.4, 0.5) is 0 Å². The van der Waals surface area contributed by atoms with Gasteiger partial charge >= 0.3 is 5.97 Å². The Kier molecular flexibility index (Phi) is 7.85. The minimum Gasteiger partial charge on any atom is -0.492 e. The molecule has 0 saturated carbocycles. The second-order valence-corrected chi connectivity index (χ2v) is 6.35. The summed E-state index contributed by atoms with van der Waals surface area (Å²) in [6.07, 6.45) is 0. The van der Waals surface area contributed by atoms with E-state index in [2.05, 4.69) is 5.32 Å². The number of ether oxygens (including phenoxy) is 3. The van der Waals surface area contributed by atoms with Crippen LogP contribution >= 0.6 is 0 Å². The number of amides is 1. The fourth-order valence-corrected chi connectivity index (χ4v) is 2.63.